The minimum Gasteiger partial charge on any atom is -0.289 e. The highest BCUT2D eigenvalue weighted by molar-refractivity contribution is 5.70. The van der Waals surface area contributed by atoms with Crippen LogP contribution >= 0.6 is 0 Å². The molecule has 2 aromatic carbocycles. The smallest absolute Gasteiger partial charge is 0.0290 e. The third-order valence-electron chi connectivity index (χ3n) is 5.72. The van der Waals surface area contributed by atoms with E-state index in [1.165, 1.54) is 47.9 Å². The van der Waals surface area contributed by atoms with Gasteiger partial charge in [-0.2, -0.15) is 0 Å². The average molecular weight is 317 g/mol. The molecule has 1 saturated heterocycles. The van der Waals surface area contributed by atoms with Crippen molar-refractivity contribution in [3.8, 4) is 0 Å². The number of hydrogen-bond acceptors (Lipinski definition) is 1. The van der Waals surface area contributed by atoms with Crippen LogP contribution in [0.15, 0.2) is 54.6 Å². The second-order valence-corrected chi connectivity index (χ2v) is 7.52. The molecular weight excluding hydrogens is 290 g/mol. The molecule has 124 valence electrons. The van der Waals surface area contributed by atoms with E-state index in [9.17, 15) is 0 Å². The fraction of sp³-hybridized carbons (Fsp3) is 0.391. The van der Waals surface area contributed by atoms with Gasteiger partial charge in [-0.15, -0.1) is 0 Å². The third kappa shape index (κ3) is 3.06. The number of hydrogen-bond donors (Lipinski definition) is 0. The lowest BCUT2D eigenvalue weighted by Crippen LogP contribution is -2.47. The molecule has 2 aliphatic heterocycles. The van der Waals surface area contributed by atoms with Gasteiger partial charge in [0.25, 0.3) is 0 Å². The number of aryl methyl sites for hydroxylation is 2. The molecule has 2 aromatic rings. The molecule has 1 heteroatoms. The molecule has 2 aliphatic rings. The Morgan fingerprint density at radius 2 is 1.83 bits per heavy atom. The third-order valence-corrected chi connectivity index (χ3v) is 5.72. The van der Waals surface area contributed by atoms with Crippen LogP contribution in [0.4, 0.5) is 0 Å². The Morgan fingerprint density at radius 3 is 2.58 bits per heavy atom. The second kappa shape index (κ2) is 6.57. The molecule has 1 nitrogen and oxygen atoms in total. The molecule has 24 heavy (non-hydrogen) atoms. The Hall–Kier alpha value is -1.86. The zero-order valence-corrected chi connectivity index (χ0v) is 14.8. The summed E-state index contributed by atoms with van der Waals surface area (Å²) in [5, 5.41) is 0. The van der Waals surface area contributed by atoms with Gasteiger partial charge in [-0.3, -0.25) is 4.90 Å². The average Bonchev–Trinajstić information content (AvgIpc) is 2.56. The van der Waals surface area contributed by atoms with Gasteiger partial charge in [-0.1, -0.05) is 66.6 Å². The highest BCUT2D eigenvalue weighted by Gasteiger charge is 2.34. The second-order valence-electron chi connectivity index (χ2n) is 7.52. The molecule has 2 heterocycles. The number of benzene rings is 2. The normalized spacial score (nSPS) is 23.8. The van der Waals surface area contributed by atoms with E-state index in [1.54, 1.807) is 5.57 Å². The summed E-state index contributed by atoms with van der Waals surface area (Å²) < 4.78 is 0. The van der Waals surface area contributed by atoms with Crippen molar-refractivity contribution in [2.24, 2.45) is 0 Å². The summed E-state index contributed by atoms with van der Waals surface area (Å²) in [6, 6.07) is 19.2. The van der Waals surface area contributed by atoms with Gasteiger partial charge in [0.05, 0.1) is 0 Å². The maximum Gasteiger partial charge on any atom is 0.0290 e. The fourth-order valence-corrected chi connectivity index (χ4v) is 4.53. The summed E-state index contributed by atoms with van der Waals surface area (Å²) in [6.45, 7) is 5.53. The van der Waals surface area contributed by atoms with Gasteiger partial charge in [0.15, 0.2) is 0 Å². The summed E-state index contributed by atoms with van der Waals surface area (Å²) >= 11 is 0. The molecule has 0 amide bonds. The van der Waals surface area contributed by atoms with Gasteiger partial charge in [0.2, 0.25) is 0 Å². The summed E-state index contributed by atoms with van der Waals surface area (Å²) in [5.74, 6) is 0. The molecule has 2 unspecified atom stereocenters. The van der Waals surface area contributed by atoms with Crippen molar-refractivity contribution in [3.63, 3.8) is 0 Å². The number of piperidine rings is 1. The van der Waals surface area contributed by atoms with Gasteiger partial charge in [-0.25, -0.2) is 0 Å². The summed E-state index contributed by atoms with van der Waals surface area (Å²) in [4.78, 5) is 2.74. The van der Waals surface area contributed by atoms with Gasteiger partial charge in [-0.05, 0) is 55.4 Å². The lowest BCUT2D eigenvalue weighted by molar-refractivity contribution is 0.0951. The lowest BCUT2D eigenvalue weighted by Gasteiger charge is -2.45. The van der Waals surface area contributed by atoms with Crippen LogP contribution in [0, 0.1) is 13.8 Å². The minimum absolute atomic E-state index is 0.605. The molecule has 0 aliphatic carbocycles. The molecule has 0 radical (unpaired) electrons. The first-order chi connectivity index (χ1) is 11.7. The Bertz CT molecular complexity index is 744. The molecule has 0 N–H and O–H groups in total. The Balaban J connectivity index is 1.62. The van der Waals surface area contributed by atoms with Crippen LogP contribution in [-0.4, -0.2) is 17.0 Å². The number of fused-ring (bicyclic) bond motifs is 2. The van der Waals surface area contributed by atoms with Crippen molar-refractivity contribution >= 4 is 5.57 Å². The first-order valence-electron chi connectivity index (χ1n) is 9.29. The lowest BCUT2D eigenvalue weighted by atomic mass is 9.81. The monoisotopic (exact) mass is 317 g/mol. The van der Waals surface area contributed by atoms with Crippen LogP contribution in [0.5, 0.6) is 0 Å². The number of nitrogens with zero attached hydrogens (tertiary/aromatic N) is 1. The predicted molar refractivity (Wildman–Crippen MR) is 102 cm³/mol. The molecule has 2 bridgehead atoms. The van der Waals surface area contributed by atoms with Crippen LogP contribution in [0.25, 0.3) is 5.57 Å². The molecule has 0 saturated carbocycles. The van der Waals surface area contributed by atoms with Crippen molar-refractivity contribution in [1.82, 2.24) is 4.90 Å². The van der Waals surface area contributed by atoms with Crippen molar-refractivity contribution in [2.45, 2.75) is 58.2 Å². The van der Waals surface area contributed by atoms with Crippen LogP contribution in [0.1, 0.15) is 47.9 Å². The van der Waals surface area contributed by atoms with Gasteiger partial charge in [0, 0.05) is 18.6 Å². The van der Waals surface area contributed by atoms with Crippen LogP contribution in [0.2, 0.25) is 0 Å². The molecule has 2 atom stereocenters. The largest absolute Gasteiger partial charge is 0.289 e. The molecule has 0 spiro atoms. The highest BCUT2D eigenvalue weighted by Crippen LogP contribution is 2.38. The Morgan fingerprint density at radius 1 is 1.00 bits per heavy atom. The van der Waals surface area contributed by atoms with E-state index in [-0.39, 0.29) is 0 Å². The van der Waals surface area contributed by atoms with E-state index in [4.69, 9.17) is 0 Å². The van der Waals surface area contributed by atoms with Crippen molar-refractivity contribution in [3.05, 3.63) is 76.9 Å². The molecular formula is C23H27N. The van der Waals surface area contributed by atoms with Crippen molar-refractivity contribution in [2.75, 3.05) is 0 Å². The first-order valence-corrected chi connectivity index (χ1v) is 9.29. The van der Waals surface area contributed by atoms with E-state index >= 15 is 0 Å². The highest BCUT2D eigenvalue weighted by atomic mass is 15.2. The summed E-state index contributed by atoms with van der Waals surface area (Å²) in [5.41, 5.74) is 7.27. The van der Waals surface area contributed by atoms with E-state index in [0.29, 0.717) is 12.1 Å². The van der Waals surface area contributed by atoms with Crippen LogP contribution in [-0.2, 0) is 6.54 Å². The quantitative estimate of drug-likeness (QED) is 0.721. The fourth-order valence-electron chi connectivity index (χ4n) is 4.53. The predicted octanol–water partition coefficient (Wildman–Crippen LogP) is 5.51. The van der Waals surface area contributed by atoms with E-state index in [0.717, 1.165) is 6.54 Å². The van der Waals surface area contributed by atoms with E-state index in [1.807, 2.05) is 0 Å². The van der Waals surface area contributed by atoms with Gasteiger partial charge in [0.1, 0.15) is 0 Å². The minimum atomic E-state index is 0.605. The van der Waals surface area contributed by atoms with Crippen LogP contribution < -0.4 is 0 Å². The SMILES string of the molecule is Cc1ccc(C2=CC3CCCC(C2)N3Cc2ccccc2)c(C)c1. The zero-order chi connectivity index (χ0) is 16.5. The molecule has 4 rings (SSSR count). The van der Waals surface area contributed by atoms with E-state index < -0.39 is 0 Å². The Labute approximate surface area is 146 Å². The maximum absolute atomic E-state index is 2.74. The maximum atomic E-state index is 2.74. The topological polar surface area (TPSA) is 3.24 Å². The first kappa shape index (κ1) is 15.7. The molecule has 0 aromatic heterocycles. The molecule has 1 fully saturated rings. The van der Waals surface area contributed by atoms with Gasteiger partial charge < -0.3 is 0 Å². The van der Waals surface area contributed by atoms with Crippen LogP contribution in [0.3, 0.4) is 0 Å². The zero-order valence-electron chi connectivity index (χ0n) is 14.8. The van der Waals surface area contributed by atoms with Gasteiger partial charge >= 0.3 is 0 Å². The van der Waals surface area contributed by atoms with Crippen molar-refractivity contribution < 1.29 is 0 Å². The summed E-state index contributed by atoms with van der Waals surface area (Å²) in [6.07, 6.45) is 7.78. The van der Waals surface area contributed by atoms with E-state index in [2.05, 4.69) is 73.4 Å². The van der Waals surface area contributed by atoms with Crippen molar-refractivity contribution in [1.29, 1.82) is 0 Å². The number of rotatable bonds is 3. The standard InChI is InChI=1S/C23H27N/c1-17-11-12-23(18(2)13-17)20-14-21-9-6-10-22(15-20)24(21)16-19-7-4-3-5-8-19/h3-5,7-8,11-14,21-22H,6,9-10,15-16H2,1-2H3. The Kier molecular flexibility index (Phi) is 4.28. The summed E-state index contributed by atoms with van der Waals surface area (Å²) in [7, 11) is 0.